The molecule has 0 saturated carbocycles. The van der Waals surface area contributed by atoms with E-state index < -0.39 is 23.4 Å². The summed E-state index contributed by atoms with van der Waals surface area (Å²) in [5.41, 5.74) is 2.54. The highest BCUT2D eigenvalue weighted by Gasteiger charge is 2.27. The molecule has 3 heterocycles. The number of carbonyl (C=O) groups excluding carboxylic acids is 2. The lowest BCUT2D eigenvalue weighted by molar-refractivity contribution is -0.117. The molecule has 2 fully saturated rings. The lowest BCUT2D eigenvalue weighted by atomic mass is 10.0. The van der Waals surface area contributed by atoms with Gasteiger partial charge in [-0.1, -0.05) is 12.1 Å². The quantitative estimate of drug-likeness (QED) is 0.203. The van der Waals surface area contributed by atoms with E-state index in [1.807, 2.05) is 12.1 Å². The van der Waals surface area contributed by atoms with Gasteiger partial charge >= 0.3 is 0 Å². The number of ketones is 1. The number of rotatable bonds is 9. The number of para-hydroxylation sites is 1. The fourth-order valence-corrected chi connectivity index (χ4v) is 5.28. The highest BCUT2D eigenvalue weighted by Crippen LogP contribution is 2.32. The van der Waals surface area contributed by atoms with Crippen molar-refractivity contribution in [2.45, 2.75) is 36.6 Å². The van der Waals surface area contributed by atoms with Crippen LogP contribution in [-0.4, -0.2) is 99.8 Å². The molecule has 41 heavy (non-hydrogen) atoms. The number of Topliss-reactive ketones (excluding diaryl/α,β-unsaturated/α-hetero) is 1. The molecule has 11 nitrogen and oxygen atoms in total. The van der Waals surface area contributed by atoms with Gasteiger partial charge in [-0.3, -0.25) is 9.59 Å². The van der Waals surface area contributed by atoms with Crippen LogP contribution in [0.4, 0.5) is 17.1 Å². The first-order valence-corrected chi connectivity index (χ1v) is 14.3. The number of anilines is 3. The van der Waals surface area contributed by atoms with Gasteiger partial charge in [-0.25, -0.2) is 9.98 Å². The van der Waals surface area contributed by atoms with Crippen LogP contribution in [0.3, 0.4) is 0 Å². The van der Waals surface area contributed by atoms with E-state index in [0.717, 1.165) is 37.3 Å². The molecule has 2 aromatic carbocycles. The average molecular weight is 581 g/mol. The van der Waals surface area contributed by atoms with E-state index in [1.54, 1.807) is 37.6 Å². The first-order valence-electron chi connectivity index (χ1n) is 13.9. The van der Waals surface area contributed by atoms with Gasteiger partial charge in [-0.15, -0.1) is 11.6 Å². The average Bonchev–Trinajstić information content (AvgIpc) is 2.96. The molecule has 3 aliphatic heterocycles. The third-order valence-corrected chi connectivity index (χ3v) is 7.99. The number of aliphatic imine (C=N–C) groups is 2. The van der Waals surface area contributed by atoms with Crippen LogP contribution in [0.5, 0.6) is 5.75 Å². The molecular formula is C29H37ClN8O3. The Bertz CT molecular complexity index is 1320. The van der Waals surface area contributed by atoms with Gasteiger partial charge in [0.15, 0.2) is 0 Å². The number of carbonyl (C=O) groups is 2. The molecule has 3 aliphatic rings. The monoisotopic (exact) mass is 580 g/mol. The fourth-order valence-electron chi connectivity index (χ4n) is 5.10. The predicted octanol–water partition coefficient (Wildman–Crippen LogP) is 2.39. The Balaban J connectivity index is 1.27. The molecule has 2 aromatic rings. The van der Waals surface area contributed by atoms with Crippen molar-refractivity contribution in [1.29, 1.82) is 0 Å². The zero-order valence-electron chi connectivity index (χ0n) is 23.6. The van der Waals surface area contributed by atoms with E-state index in [0.29, 0.717) is 36.4 Å². The number of nitrogens with one attached hydrogen (secondary N) is 4. The number of methoxy groups -OCH3 is 1. The molecule has 0 radical (unpaired) electrons. The van der Waals surface area contributed by atoms with Crippen LogP contribution in [0.1, 0.15) is 23.2 Å². The van der Waals surface area contributed by atoms with Crippen LogP contribution in [0.25, 0.3) is 0 Å². The third kappa shape index (κ3) is 6.80. The Morgan fingerprint density at radius 1 is 1.10 bits per heavy atom. The Morgan fingerprint density at radius 2 is 1.85 bits per heavy atom. The Hall–Kier alpha value is -3.67. The highest BCUT2D eigenvalue weighted by atomic mass is 35.5. The van der Waals surface area contributed by atoms with Crippen LogP contribution >= 0.6 is 11.6 Å². The normalized spacial score (nSPS) is 21.2. The maximum absolute atomic E-state index is 12.9. The molecule has 4 N–H and O–H groups in total. The van der Waals surface area contributed by atoms with Crippen LogP contribution in [0, 0.1) is 0 Å². The number of amides is 1. The Morgan fingerprint density at radius 3 is 2.54 bits per heavy atom. The maximum atomic E-state index is 12.9. The van der Waals surface area contributed by atoms with Crippen molar-refractivity contribution in [3.05, 3.63) is 48.0 Å². The zero-order chi connectivity index (χ0) is 28.9. The highest BCUT2D eigenvalue weighted by molar-refractivity contribution is 6.45. The second-order valence-electron chi connectivity index (χ2n) is 10.6. The molecular weight excluding hydrogens is 544 g/mol. The van der Waals surface area contributed by atoms with Crippen molar-refractivity contribution < 1.29 is 14.3 Å². The van der Waals surface area contributed by atoms with E-state index in [-0.39, 0.29) is 11.6 Å². The second-order valence-corrected chi connectivity index (χ2v) is 11.1. The third-order valence-electron chi connectivity index (χ3n) is 7.67. The summed E-state index contributed by atoms with van der Waals surface area (Å²) in [6.07, 6.45) is 3.16. The van der Waals surface area contributed by atoms with Crippen molar-refractivity contribution in [2.24, 2.45) is 9.98 Å². The summed E-state index contributed by atoms with van der Waals surface area (Å²) in [5.74, 6) is -0.171. The summed E-state index contributed by atoms with van der Waals surface area (Å²) in [7, 11) is 5.92. The molecule has 1 amide bonds. The molecule has 0 bridgehead atoms. The van der Waals surface area contributed by atoms with E-state index in [2.05, 4.69) is 61.2 Å². The fraction of sp³-hybridized carbons (Fsp3) is 0.448. The summed E-state index contributed by atoms with van der Waals surface area (Å²) in [5, 5.41) is 11.6. The molecule has 218 valence electrons. The number of amidine groups is 1. The minimum absolute atomic E-state index is 0.0362. The van der Waals surface area contributed by atoms with Crippen molar-refractivity contribution in [2.75, 3.05) is 62.9 Å². The van der Waals surface area contributed by atoms with Gasteiger partial charge < -0.3 is 35.8 Å². The van der Waals surface area contributed by atoms with Gasteiger partial charge in [-0.2, -0.15) is 0 Å². The van der Waals surface area contributed by atoms with Crippen molar-refractivity contribution in [3.63, 3.8) is 0 Å². The predicted molar refractivity (Wildman–Crippen MR) is 164 cm³/mol. The first kappa shape index (κ1) is 28.8. The Kier molecular flexibility index (Phi) is 9.06. The molecule has 2 saturated heterocycles. The number of hydrogen-bond donors (Lipinski definition) is 4. The van der Waals surface area contributed by atoms with Crippen molar-refractivity contribution >= 4 is 52.4 Å². The topological polar surface area (TPSA) is 123 Å². The number of hydrogen-bond acceptors (Lipinski definition) is 10. The van der Waals surface area contributed by atoms with Gasteiger partial charge in [0, 0.05) is 50.2 Å². The van der Waals surface area contributed by atoms with Crippen LogP contribution in [0.2, 0.25) is 0 Å². The smallest absolute Gasteiger partial charge is 0.292 e. The molecule has 0 spiro atoms. The number of alkyl halides is 1. The first-order chi connectivity index (χ1) is 19.8. The number of halogens is 1. The molecule has 2 unspecified atom stereocenters. The summed E-state index contributed by atoms with van der Waals surface area (Å²) in [6, 6.07) is 13.5. The number of benzene rings is 2. The molecule has 12 heteroatoms. The molecule has 0 aromatic heterocycles. The molecule has 2 atom stereocenters. The van der Waals surface area contributed by atoms with E-state index >= 15 is 0 Å². The summed E-state index contributed by atoms with van der Waals surface area (Å²) >= 11 is 6.51. The van der Waals surface area contributed by atoms with E-state index in [4.69, 9.17) is 16.3 Å². The van der Waals surface area contributed by atoms with Gasteiger partial charge in [0.05, 0.1) is 30.1 Å². The maximum Gasteiger partial charge on any atom is 0.292 e. The van der Waals surface area contributed by atoms with Crippen LogP contribution < -0.4 is 30.9 Å². The minimum atomic E-state index is -0.666. The van der Waals surface area contributed by atoms with Crippen molar-refractivity contribution in [3.8, 4) is 5.75 Å². The second kappa shape index (κ2) is 12.9. The largest absolute Gasteiger partial charge is 0.495 e. The van der Waals surface area contributed by atoms with E-state index in [9.17, 15) is 9.59 Å². The SMILES string of the molecule is COc1cc(N2CCC(N(C)C)CC2)ccc1NC1N=CC(Cl)C(Nc2ccccc2C(=O)C(=O)NC2CNC2)=N1. The lowest BCUT2D eigenvalue weighted by Crippen LogP contribution is -2.58. The summed E-state index contributed by atoms with van der Waals surface area (Å²) < 4.78 is 5.71. The van der Waals surface area contributed by atoms with Gasteiger partial charge in [0.1, 0.15) is 17.0 Å². The molecule has 5 rings (SSSR count). The van der Waals surface area contributed by atoms with Gasteiger partial charge in [0.2, 0.25) is 6.29 Å². The lowest BCUT2D eigenvalue weighted by Gasteiger charge is -2.36. The van der Waals surface area contributed by atoms with Crippen molar-refractivity contribution in [1.82, 2.24) is 15.5 Å². The van der Waals surface area contributed by atoms with Crippen LogP contribution in [-0.2, 0) is 4.79 Å². The van der Waals surface area contributed by atoms with Gasteiger partial charge in [0.25, 0.3) is 11.7 Å². The standard InChI is InChI=1S/C29H37ClN8O3/c1-37(2)19-10-12-38(13-11-19)20-8-9-24(25(14-20)41-3)35-29-32-17-22(30)27(36-29)34-23-7-5-4-6-21(23)26(39)28(40)33-18-15-31-16-18/h4-9,14,17-19,22,29,31,35H,10-13,15-16H2,1-3H3,(H,33,40)(H,34,36). The summed E-state index contributed by atoms with van der Waals surface area (Å²) in [4.78, 5) is 39.2. The Labute approximate surface area is 245 Å². The minimum Gasteiger partial charge on any atom is -0.495 e. The van der Waals surface area contributed by atoms with Crippen LogP contribution in [0.15, 0.2) is 52.4 Å². The number of ether oxygens (including phenoxy) is 1. The van der Waals surface area contributed by atoms with Gasteiger partial charge in [-0.05, 0) is 51.2 Å². The number of piperidine rings is 1. The zero-order valence-corrected chi connectivity index (χ0v) is 24.3. The summed E-state index contributed by atoms with van der Waals surface area (Å²) in [6.45, 7) is 3.29. The molecule has 0 aliphatic carbocycles. The number of nitrogens with zero attached hydrogens (tertiary/aromatic N) is 4. The van der Waals surface area contributed by atoms with E-state index in [1.165, 1.54) is 0 Å².